The number of hydrogen-bond donors (Lipinski definition) is 3. The van der Waals surface area contributed by atoms with E-state index in [1.807, 2.05) is 85.6 Å². The van der Waals surface area contributed by atoms with Gasteiger partial charge in [-0.15, -0.1) is 0 Å². The molecular weight excluding hydrogens is 442 g/mol. The SMILES string of the molecule is CC(Nc1nccc(N(C)c2ccnc(-c3ccccc3)n2)n1)c1ccc(CCNC(=O)O)cc1. The standard InChI is InChI=1S/C26H27N7O2/c1-18(20-10-8-19(9-11-20)12-15-29-26(34)35)30-25-28-17-14-23(32-25)33(2)22-13-16-27-24(31-22)21-6-4-3-5-7-21/h3-11,13-14,16-18,29H,12,15H2,1-2H3,(H,34,35)(H,28,30,32). The molecule has 0 saturated heterocycles. The van der Waals surface area contributed by atoms with Gasteiger partial charge in [-0.3, -0.25) is 0 Å². The van der Waals surface area contributed by atoms with Gasteiger partial charge in [0.2, 0.25) is 5.95 Å². The van der Waals surface area contributed by atoms with Crippen molar-refractivity contribution in [1.82, 2.24) is 25.3 Å². The Balaban J connectivity index is 1.43. The summed E-state index contributed by atoms with van der Waals surface area (Å²) in [6.45, 7) is 2.42. The third-order valence-electron chi connectivity index (χ3n) is 5.52. The highest BCUT2D eigenvalue weighted by Crippen LogP contribution is 2.24. The minimum Gasteiger partial charge on any atom is -0.465 e. The van der Waals surface area contributed by atoms with Crippen molar-refractivity contribution in [3.8, 4) is 11.4 Å². The van der Waals surface area contributed by atoms with Crippen molar-refractivity contribution < 1.29 is 9.90 Å². The first-order valence-corrected chi connectivity index (χ1v) is 11.3. The Labute approximate surface area is 203 Å². The minimum absolute atomic E-state index is 0.0227. The second-order valence-corrected chi connectivity index (χ2v) is 7.99. The maximum Gasteiger partial charge on any atom is 0.404 e. The molecule has 9 heteroatoms. The molecule has 178 valence electrons. The highest BCUT2D eigenvalue weighted by Gasteiger charge is 2.12. The van der Waals surface area contributed by atoms with E-state index in [9.17, 15) is 4.79 Å². The van der Waals surface area contributed by atoms with Crippen LogP contribution in [0.4, 0.5) is 22.4 Å². The normalized spacial score (nSPS) is 11.5. The maximum absolute atomic E-state index is 10.6. The molecule has 4 aromatic rings. The summed E-state index contributed by atoms with van der Waals surface area (Å²) in [5, 5.41) is 14.4. The van der Waals surface area contributed by atoms with Crippen LogP contribution in [-0.4, -0.2) is 44.7 Å². The number of carbonyl (C=O) groups is 1. The first kappa shape index (κ1) is 23.6. The summed E-state index contributed by atoms with van der Waals surface area (Å²) in [6, 6.07) is 21.5. The average molecular weight is 470 g/mol. The van der Waals surface area contributed by atoms with Crippen LogP contribution in [0.5, 0.6) is 0 Å². The van der Waals surface area contributed by atoms with Gasteiger partial charge in [0.1, 0.15) is 11.6 Å². The van der Waals surface area contributed by atoms with Gasteiger partial charge < -0.3 is 20.6 Å². The van der Waals surface area contributed by atoms with Crippen LogP contribution < -0.4 is 15.5 Å². The van der Waals surface area contributed by atoms with Crippen LogP contribution in [0, 0.1) is 0 Å². The first-order valence-electron chi connectivity index (χ1n) is 11.3. The van der Waals surface area contributed by atoms with Gasteiger partial charge in [0.05, 0.1) is 6.04 Å². The van der Waals surface area contributed by atoms with Crippen molar-refractivity contribution in [3.63, 3.8) is 0 Å². The van der Waals surface area contributed by atoms with E-state index in [0.29, 0.717) is 30.6 Å². The summed E-state index contributed by atoms with van der Waals surface area (Å²) in [4.78, 5) is 30.6. The van der Waals surface area contributed by atoms with Crippen LogP contribution in [-0.2, 0) is 6.42 Å². The molecule has 0 aliphatic heterocycles. The monoisotopic (exact) mass is 469 g/mol. The Morgan fingerprint density at radius 3 is 2.34 bits per heavy atom. The molecule has 35 heavy (non-hydrogen) atoms. The second kappa shape index (κ2) is 11.1. The van der Waals surface area contributed by atoms with Crippen molar-refractivity contribution in [3.05, 3.63) is 90.3 Å². The van der Waals surface area contributed by atoms with Crippen LogP contribution >= 0.6 is 0 Å². The zero-order valence-electron chi connectivity index (χ0n) is 19.6. The van der Waals surface area contributed by atoms with Crippen LogP contribution in [0.25, 0.3) is 11.4 Å². The van der Waals surface area contributed by atoms with E-state index in [1.54, 1.807) is 12.4 Å². The molecule has 0 fully saturated rings. The molecule has 3 N–H and O–H groups in total. The molecule has 0 aliphatic carbocycles. The summed E-state index contributed by atoms with van der Waals surface area (Å²) in [6.07, 6.45) is 3.08. The fourth-order valence-electron chi connectivity index (χ4n) is 3.55. The fraction of sp³-hybridized carbons (Fsp3) is 0.192. The van der Waals surface area contributed by atoms with Crippen LogP contribution in [0.1, 0.15) is 24.1 Å². The molecule has 0 radical (unpaired) electrons. The maximum atomic E-state index is 10.6. The fourth-order valence-corrected chi connectivity index (χ4v) is 3.55. The highest BCUT2D eigenvalue weighted by atomic mass is 16.4. The van der Waals surface area contributed by atoms with Gasteiger partial charge in [0.15, 0.2) is 5.82 Å². The van der Waals surface area contributed by atoms with E-state index in [4.69, 9.17) is 10.1 Å². The third kappa shape index (κ3) is 6.29. The molecular formula is C26H27N7O2. The third-order valence-corrected chi connectivity index (χ3v) is 5.52. The molecule has 0 saturated carbocycles. The highest BCUT2D eigenvalue weighted by molar-refractivity contribution is 5.64. The lowest BCUT2D eigenvalue weighted by molar-refractivity contribution is 0.194. The summed E-state index contributed by atoms with van der Waals surface area (Å²) >= 11 is 0. The number of amides is 1. The predicted octanol–water partition coefficient (Wildman–Crippen LogP) is 4.68. The van der Waals surface area contributed by atoms with Crippen LogP contribution in [0.2, 0.25) is 0 Å². The summed E-state index contributed by atoms with van der Waals surface area (Å²) < 4.78 is 0. The van der Waals surface area contributed by atoms with Crippen LogP contribution in [0.3, 0.4) is 0 Å². The molecule has 0 spiro atoms. The van der Waals surface area contributed by atoms with E-state index in [0.717, 1.165) is 22.5 Å². The quantitative estimate of drug-likeness (QED) is 0.323. The van der Waals surface area contributed by atoms with Gasteiger partial charge in [0, 0.05) is 31.5 Å². The number of aromatic nitrogens is 4. The van der Waals surface area contributed by atoms with E-state index in [-0.39, 0.29) is 6.04 Å². The molecule has 2 aromatic carbocycles. The first-order chi connectivity index (χ1) is 17.0. The number of hydrogen-bond acceptors (Lipinski definition) is 7. The summed E-state index contributed by atoms with van der Waals surface area (Å²) in [5.41, 5.74) is 3.09. The molecule has 0 aliphatic rings. The van der Waals surface area contributed by atoms with E-state index in [2.05, 4.69) is 25.6 Å². The van der Waals surface area contributed by atoms with Gasteiger partial charge in [-0.25, -0.2) is 19.7 Å². The number of anilines is 3. The van der Waals surface area contributed by atoms with Crippen molar-refractivity contribution in [1.29, 1.82) is 0 Å². The zero-order valence-corrected chi connectivity index (χ0v) is 19.6. The van der Waals surface area contributed by atoms with Crippen LogP contribution in [0.15, 0.2) is 79.1 Å². The van der Waals surface area contributed by atoms with Gasteiger partial charge in [0.25, 0.3) is 0 Å². The van der Waals surface area contributed by atoms with Gasteiger partial charge in [-0.05, 0) is 36.6 Å². The van der Waals surface area contributed by atoms with Crippen molar-refractivity contribution >= 4 is 23.7 Å². The number of nitrogens with one attached hydrogen (secondary N) is 2. The Kier molecular flexibility index (Phi) is 7.47. The van der Waals surface area contributed by atoms with E-state index >= 15 is 0 Å². The van der Waals surface area contributed by atoms with E-state index < -0.39 is 6.09 Å². The molecule has 0 bridgehead atoms. The van der Waals surface area contributed by atoms with Gasteiger partial charge >= 0.3 is 6.09 Å². The Hall–Kier alpha value is -4.53. The Morgan fingerprint density at radius 1 is 0.943 bits per heavy atom. The molecule has 1 amide bonds. The summed E-state index contributed by atoms with van der Waals surface area (Å²) in [5.74, 6) is 2.59. The summed E-state index contributed by atoms with van der Waals surface area (Å²) in [7, 11) is 1.91. The lowest BCUT2D eigenvalue weighted by atomic mass is 10.0. The van der Waals surface area contributed by atoms with Crippen molar-refractivity contribution in [2.45, 2.75) is 19.4 Å². The van der Waals surface area contributed by atoms with Gasteiger partial charge in [-0.1, -0.05) is 54.6 Å². The predicted molar refractivity (Wildman–Crippen MR) is 136 cm³/mol. The Morgan fingerprint density at radius 2 is 1.63 bits per heavy atom. The molecule has 4 rings (SSSR count). The van der Waals surface area contributed by atoms with E-state index in [1.165, 1.54) is 0 Å². The molecule has 9 nitrogen and oxygen atoms in total. The van der Waals surface area contributed by atoms with Crippen molar-refractivity contribution in [2.75, 3.05) is 23.8 Å². The topological polar surface area (TPSA) is 116 Å². The minimum atomic E-state index is -1.01. The average Bonchev–Trinajstić information content (AvgIpc) is 2.89. The molecule has 1 unspecified atom stereocenters. The number of carboxylic acid groups (broad SMARTS) is 1. The lowest BCUT2D eigenvalue weighted by Gasteiger charge is -2.19. The zero-order chi connectivity index (χ0) is 24.6. The smallest absolute Gasteiger partial charge is 0.404 e. The molecule has 2 aromatic heterocycles. The number of rotatable bonds is 9. The van der Waals surface area contributed by atoms with Crippen molar-refractivity contribution in [2.24, 2.45) is 0 Å². The largest absolute Gasteiger partial charge is 0.465 e. The number of benzene rings is 2. The number of nitrogens with zero attached hydrogens (tertiary/aromatic N) is 5. The molecule has 1 atom stereocenters. The van der Waals surface area contributed by atoms with Gasteiger partial charge in [-0.2, -0.15) is 4.98 Å². The molecule has 2 heterocycles. The lowest BCUT2D eigenvalue weighted by Crippen LogP contribution is -2.23. The second-order valence-electron chi connectivity index (χ2n) is 7.99. The Bertz CT molecular complexity index is 1270.